The Kier molecular flexibility index (Phi) is 26.6. The molecule has 9 nitrogen and oxygen atoms in total. The van der Waals surface area contributed by atoms with Crippen LogP contribution in [-0.4, -0.2) is 45.7 Å². The summed E-state index contributed by atoms with van der Waals surface area (Å²) in [6, 6.07) is 4.54. The first kappa shape index (κ1) is 40.9. The van der Waals surface area contributed by atoms with E-state index in [0.29, 0.717) is 18.0 Å². The number of carbonyl (C=O) groups excluding carboxylic acids is 1. The third kappa shape index (κ3) is 26.5. The maximum Gasteiger partial charge on any atom is 0.335 e. The summed E-state index contributed by atoms with van der Waals surface area (Å²) < 4.78 is 5.77. The van der Waals surface area contributed by atoms with Gasteiger partial charge in [-0.05, 0) is 37.5 Å². The molecule has 0 unspecified atom stereocenters. The van der Waals surface area contributed by atoms with Gasteiger partial charge in [-0.1, -0.05) is 116 Å². The van der Waals surface area contributed by atoms with Crippen LogP contribution < -0.4 is 10.1 Å². The molecule has 0 aliphatic carbocycles. The number of benzene rings is 1. The highest BCUT2D eigenvalue weighted by atomic mass is 16.5. The molecule has 0 saturated carbocycles. The third-order valence-electron chi connectivity index (χ3n) is 7.32. The van der Waals surface area contributed by atoms with Gasteiger partial charge in [-0.15, -0.1) is 0 Å². The highest BCUT2D eigenvalue weighted by Crippen LogP contribution is 2.26. The molecule has 0 spiro atoms. The van der Waals surface area contributed by atoms with E-state index in [2.05, 4.69) is 12.2 Å². The minimum Gasteiger partial charge on any atom is -0.491 e. The normalized spacial score (nSPS) is 10.5. The Hall–Kier alpha value is -3.10. The average Bonchev–Trinajstić information content (AvgIpc) is 2.96. The predicted molar refractivity (Wildman–Crippen MR) is 176 cm³/mol. The van der Waals surface area contributed by atoms with Gasteiger partial charge in [0.1, 0.15) is 5.75 Å². The minimum absolute atomic E-state index is 0.127. The van der Waals surface area contributed by atoms with Gasteiger partial charge in [0.2, 0.25) is 5.91 Å². The number of carboxylic acids is 3. The summed E-state index contributed by atoms with van der Waals surface area (Å²) in [5.41, 5.74) is 0.537. The number of hydrogen-bond donors (Lipinski definition) is 4. The Morgan fingerprint density at radius 1 is 0.614 bits per heavy atom. The van der Waals surface area contributed by atoms with Gasteiger partial charge in [0.25, 0.3) is 0 Å². The van der Waals surface area contributed by atoms with Crippen molar-refractivity contribution in [3.05, 3.63) is 23.8 Å². The number of rotatable bonds is 27. The molecule has 1 amide bonds. The molecule has 9 heteroatoms. The summed E-state index contributed by atoms with van der Waals surface area (Å²) in [5.74, 6) is -2.24. The number of hydrogen-bond acceptors (Lipinski definition) is 5. The summed E-state index contributed by atoms with van der Waals surface area (Å²) in [6.45, 7) is 4.22. The predicted octanol–water partition coefficient (Wildman–Crippen LogP) is 9.48. The Morgan fingerprint density at radius 2 is 1.02 bits per heavy atom. The molecule has 44 heavy (non-hydrogen) atoms. The van der Waals surface area contributed by atoms with Crippen LogP contribution in [0, 0.1) is 0 Å². The Bertz CT molecular complexity index is 898. The highest BCUT2D eigenvalue weighted by Gasteiger charge is 2.10. The number of anilines is 1. The van der Waals surface area contributed by atoms with Crippen LogP contribution in [0.15, 0.2) is 18.2 Å². The molecule has 4 N–H and O–H groups in total. The molecular weight excluding hydrogens is 562 g/mol. The summed E-state index contributed by atoms with van der Waals surface area (Å²) >= 11 is 0. The van der Waals surface area contributed by atoms with Crippen LogP contribution in [0.4, 0.5) is 5.69 Å². The van der Waals surface area contributed by atoms with E-state index in [1.165, 1.54) is 96.1 Å². The van der Waals surface area contributed by atoms with Gasteiger partial charge in [0.15, 0.2) is 0 Å². The standard InChI is InChI=1S/C25H41NO4.C10H18O4/c1-3-4-5-6-7-8-9-10-11-12-13-14-15-16-19-30-24-18-17-22(25(28)29)20-23(24)26-21(2)27;11-9(12)7-5-3-1-2-4-6-8-10(13)14/h17-18,20H,3-16,19H2,1-2H3,(H,26,27)(H,28,29);1-8H2,(H,11,12)(H,13,14). The van der Waals surface area contributed by atoms with E-state index in [9.17, 15) is 19.2 Å². The van der Waals surface area contributed by atoms with Gasteiger partial charge >= 0.3 is 17.9 Å². The lowest BCUT2D eigenvalue weighted by atomic mass is 10.0. The first-order valence-corrected chi connectivity index (χ1v) is 16.9. The van der Waals surface area contributed by atoms with Crippen LogP contribution in [0.2, 0.25) is 0 Å². The molecule has 0 aromatic heterocycles. The highest BCUT2D eigenvalue weighted by molar-refractivity contribution is 5.94. The topological polar surface area (TPSA) is 150 Å². The van der Waals surface area contributed by atoms with Crippen LogP contribution in [0.5, 0.6) is 5.75 Å². The van der Waals surface area contributed by atoms with Crippen LogP contribution in [0.3, 0.4) is 0 Å². The summed E-state index contributed by atoms with van der Waals surface area (Å²) in [7, 11) is 0. The molecular formula is C35H59NO8. The van der Waals surface area contributed by atoms with Crippen LogP contribution in [0.25, 0.3) is 0 Å². The van der Waals surface area contributed by atoms with Crippen molar-refractivity contribution in [2.24, 2.45) is 0 Å². The molecule has 0 aliphatic rings. The number of nitrogens with one attached hydrogen (secondary N) is 1. The SMILES string of the molecule is CCCCCCCCCCCCCCCCOc1ccc(C(=O)O)cc1NC(C)=O.O=C(O)CCCCCCCCC(=O)O. The lowest BCUT2D eigenvalue weighted by molar-refractivity contribution is -0.138. The van der Waals surface area contributed by atoms with Gasteiger partial charge in [-0.25, -0.2) is 4.79 Å². The van der Waals surface area contributed by atoms with Crippen molar-refractivity contribution in [2.75, 3.05) is 11.9 Å². The van der Waals surface area contributed by atoms with E-state index in [1.807, 2.05) is 0 Å². The largest absolute Gasteiger partial charge is 0.491 e. The number of carbonyl (C=O) groups is 4. The monoisotopic (exact) mass is 621 g/mol. The molecule has 0 saturated heterocycles. The molecule has 1 rings (SSSR count). The van der Waals surface area contributed by atoms with Crippen LogP contribution in [0.1, 0.15) is 165 Å². The maximum atomic E-state index is 11.3. The molecule has 0 fully saturated rings. The minimum atomic E-state index is -1.03. The number of ether oxygens (including phenoxy) is 1. The van der Waals surface area contributed by atoms with Crippen molar-refractivity contribution in [3.8, 4) is 5.75 Å². The molecule has 1 aromatic carbocycles. The van der Waals surface area contributed by atoms with Crippen molar-refractivity contribution in [1.82, 2.24) is 0 Å². The van der Waals surface area contributed by atoms with Gasteiger partial charge in [0.05, 0.1) is 17.9 Å². The number of aromatic carboxylic acids is 1. The molecule has 0 radical (unpaired) electrons. The molecule has 252 valence electrons. The van der Waals surface area contributed by atoms with E-state index >= 15 is 0 Å². The number of amides is 1. The number of aliphatic carboxylic acids is 2. The first-order valence-electron chi connectivity index (χ1n) is 16.9. The maximum absolute atomic E-state index is 11.3. The molecule has 0 bridgehead atoms. The van der Waals surface area contributed by atoms with Crippen molar-refractivity contribution in [2.45, 2.75) is 155 Å². The van der Waals surface area contributed by atoms with E-state index in [1.54, 1.807) is 6.07 Å². The fourth-order valence-electron chi connectivity index (χ4n) is 4.81. The lowest BCUT2D eigenvalue weighted by Gasteiger charge is -2.12. The van der Waals surface area contributed by atoms with Crippen molar-refractivity contribution < 1.29 is 39.2 Å². The second-order valence-electron chi connectivity index (χ2n) is 11.6. The molecule has 0 heterocycles. The number of carboxylic acid groups (broad SMARTS) is 3. The second-order valence-corrected chi connectivity index (χ2v) is 11.6. The zero-order valence-electron chi connectivity index (χ0n) is 27.4. The van der Waals surface area contributed by atoms with Crippen molar-refractivity contribution in [1.29, 1.82) is 0 Å². The third-order valence-corrected chi connectivity index (χ3v) is 7.32. The fourth-order valence-corrected chi connectivity index (χ4v) is 4.81. The van der Waals surface area contributed by atoms with Crippen molar-refractivity contribution in [3.63, 3.8) is 0 Å². The van der Waals surface area contributed by atoms with E-state index in [4.69, 9.17) is 20.1 Å². The zero-order chi connectivity index (χ0) is 32.8. The van der Waals surface area contributed by atoms with Gasteiger partial charge in [0, 0.05) is 19.8 Å². The van der Waals surface area contributed by atoms with Gasteiger partial charge < -0.3 is 25.4 Å². The number of unbranched alkanes of at least 4 members (excludes halogenated alkanes) is 18. The first-order chi connectivity index (χ1) is 21.2. The zero-order valence-corrected chi connectivity index (χ0v) is 27.4. The van der Waals surface area contributed by atoms with E-state index < -0.39 is 17.9 Å². The molecule has 0 aliphatic heterocycles. The fraction of sp³-hybridized carbons (Fsp3) is 0.714. The van der Waals surface area contributed by atoms with Crippen LogP contribution >= 0.6 is 0 Å². The lowest BCUT2D eigenvalue weighted by Crippen LogP contribution is -2.10. The Morgan fingerprint density at radius 3 is 1.41 bits per heavy atom. The Balaban J connectivity index is 0.00000111. The van der Waals surface area contributed by atoms with Gasteiger partial charge in [-0.2, -0.15) is 0 Å². The molecule has 1 aromatic rings. The quantitative estimate of drug-likeness (QED) is 0.0709. The van der Waals surface area contributed by atoms with Gasteiger partial charge in [-0.3, -0.25) is 14.4 Å². The smallest absolute Gasteiger partial charge is 0.335 e. The average molecular weight is 622 g/mol. The summed E-state index contributed by atoms with van der Waals surface area (Å²) in [6.07, 6.45) is 24.2. The van der Waals surface area contributed by atoms with E-state index in [-0.39, 0.29) is 24.3 Å². The Labute approximate surface area is 265 Å². The van der Waals surface area contributed by atoms with Crippen LogP contribution in [-0.2, 0) is 14.4 Å². The molecule has 0 atom stereocenters. The summed E-state index contributed by atoms with van der Waals surface area (Å²) in [4.78, 5) is 42.7. The summed E-state index contributed by atoms with van der Waals surface area (Å²) in [5, 5.41) is 28.4. The van der Waals surface area contributed by atoms with Crippen molar-refractivity contribution >= 4 is 29.5 Å². The van der Waals surface area contributed by atoms with E-state index in [0.717, 1.165) is 51.4 Å². The second kappa shape index (κ2) is 28.7.